The molecule has 2 N–H and O–H groups in total. The molecule has 17 heavy (non-hydrogen) atoms. The zero-order chi connectivity index (χ0) is 13.0. The van der Waals surface area contributed by atoms with E-state index in [0.29, 0.717) is 34.5 Å². The van der Waals surface area contributed by atoms with Crippen LogP contribution in [0.4, 0.5) is 4.39 Å². The summed E-state index contributed by atoms with van der Waals surface area (Å²) in [6.45, 7) is 2.42. The van der Waals surface area contributed by atoms with Crippen LogP contribution in [-0.2, 0) is 0 Å². The van der Waals surface area contributed by atoms with Gasteiger partial charge in [-0.1, -0.05) is 6.92 Å². The van der Waals surface area contributed by atoms with Crippen molar-refractivity contribution in [3.63, 3.8) is 0 Å². The third kappa shape index (κ3) is 2.90. The molecule has 0 spiro atoms. The van der Waals surface area contributed by atoms with Gasteiger partial charge in [-0.2, -0.15) is 0 Å². The summed E-state index contributed by atoms with van der Waals surface area (Å²) < 4.78 is 25.0. The summed E-state index contributed by atoms with van der Waals surface area (Å²) >= 11 is 3.25. The fourth-order valence-corrected chi connectivity index (χ4v) is 2.38. The smallest absolute Gasteiger partial charge is 0.175 e. The number of methoxy groups -OCH3 is 2. The lowest BCUT2D eigenvalue weighted by atomic mass is 9.96. The minimum Gasteiger partial charge on any atom is -0.492 e. The van der Waals surface area contributed by atoms with E-state index in [1.165, 1.54) is 20.3 Å². The summed E-state index contributed by atoms with van der Waals surface area (Å²) in [4.78, 5) is 0. The molecule has 96 valence electrons. The van der Waals surface area contributed by atoms with Gasteiger partial charge in [0.2, 0.25) is 0 Å². The highest BCUT2D eigenvalue weighted by Crippen LogP contribution is 2.43. The molecule has 0 saturated heterocycles. The van der Waals surface area contributed by atoms with Crippen LogP contribution in [0.5, 0.6) is 11.5 Å². The third-order valence-corrected chi connectivity index (χ3v) is 3.27. The molecule has 0 aliphatic heterocycles. The Hall–Kier alpha value is -0.810. The Kier molecular flexibility index (Phi) is 5.21. The number of benzene rings is 1. The lowest BCUT2D eigenvalue weighted by Gasteiger charge is -2.19. The summed E-state index contributed by atoms with van der Waals surface area (Å²) in [5.74, 6) is 0.612. The summed E-state index contributed by atoms with van der Waals surface area (Å²) in [5, 5.41) is 0. The maximum Gasteiger partial charge on any atom is 0.175 e. The van der Waals surface area contributed by atoms with Gasteiger partial charge in [0, 0.05) is 5.56 Å². The molecule has 1 aromatic rings. The van der Waals surface area contributed by atoms with Gasteiger partial charge >= 0.3 is 0 Å². The van der Waals surface area contributed by atoms with Gasteiger partial charge in [0.05, 0.1) is 18.7 Å². The van der Waals surface area contributed by atoms with Crippen molar-refractivity contribution in [2.75, 3.05) is 20.8 Å². The molecule has 0 aliphatic rings. The standard InChI is InChI=1S/C12H17BrFNO2/c1-7(4-5-15)10-9(14)6-8(13)11(16-2)12(10)17-3/h6-7H,4-5,15H2,1-3H3. The first-order chi connectivity index (χ1) is 8.06. The average Bonchev–Trinajstić information content (AvgIpc) is 2.28. The number of ether oxygens (including phenoxy) is 2. The Morgan fingerprint density at radius 3 is 2.41 bits per heavy atom. The average molecular weight is 306 g/mol. The topological polar surface area (TPSA) is 44.5 Å². The molecule has 3 nitrogen and oxygen atoms in total. The van der Waals surface area contributed by atoms with Gasteiger partial charge < -0.3 is 15.2 Å². The van der Waals surface area contributed by atoms with Gasteiger partial charge in [0.25, 0.3) is 0 Å². The molecule has 1 unspecified atom stereocenters. The monoisotopic (exact) mass is 305 g/mol. The van der Waals surface area contributed by atoms with Crippen LogP contribution < -0.4 is 15.2 Å². The number of hydrogen-bond acceptors (Lipinski definition) is 3. The Morgan fingerprint density at radius 2 is 1.94 bits per heavy atom. The zero-order valence-corrected chi connectivity index (χ0v) is 11.8. The van der Waals surface area contributed by atoms with Crippen LogP contribution in [-0.4, -0.2) is 20.8 Å². The van der Waals surface area contributed by atoms with Crippen LogP contribution in [0.15, 0.2) is 10.5 Å². The largest absolute Gasteiger partial charge is 0.492 e. The molecule has 0 heterocycles. The highest BCUT2D eigenvalue weighted by Gasteiger charge is 2.22. The normalized spacial score (nSPS) is 12.4. The molecule has 0 radical (unpaired) electrons. The zero-order valence-electron chi connectivity index (χ0n) is 10.2. The van der Waals surface area contributed by atoms with Crippen molar-refractivity contribution >= 4 is 15.9 Å². The highest BCUT2D eigenvalue weighted by molar-refractivity contribution is 9.10. The molecule has 0 fully saturated rings. The molecule has 5 heteroatoms. The van der Waals surface area contributed by atoms with Crippen molar-refractivity contribution in [1.29, 1.82) is 0 Å². The molecule has 1 aromatic carbocycles. The maximum absolute atomic E-state index is 14.0. The van der Waals surface area contributed by atoms with E-state index in [4.69, 9.17) is 15.2 Å². The van der Waals surface area contributed by atoms with E-state index >= 15 is 0 Å². The molecular weight excluding hydrogens is 289 g/mol. The predicted molar refractivity (Wildman–Crippen MR) is 69.3 cm³/mol. The van der Waals surface area contributed by atoms with E-state index in [9.17, 15) is 4.39 Å². The van der Waals surface area contributed by atoms with Crippen molar-refractivity contribution in [3.8, 4) is 11.5 Å². The Bertz CT molecular complexity index is 399. The molecule has 0 saturated carbocycles. The van der Waals surface area contributed by atoms with Gasteiger partial charge in [-0.05, 0) is 40.9 Å². The predicted octanol–water partition coefficient (Wildman–Crippen LogP) is 3.06. The minimum atomic E-state index is -0.310. The van der Waals surface area contributed by atoms with E-state index in [2.05, 4.69) is 15.9 Å². The minimum absolute atomic E-state index is 0.0167. The van der Waals surface area contributed by atoms with Crippen molar-refractivity contribution in [3.05, 3.63) is 21.9 Å². The fourth-order valence-electron chi connectivity index (χ4n) is 1.84. The van der Waals surface area contributed by atoms with Crippen LogP contribution in [0.2, 0.25) is 0 Å². The fraction of sp³-hybridized carbons (Fsp3) is 0.500. The molecule has 1 atom stereocenters. The van der Waals surface area contributed by atoms with E-state index in [1.54, 1.807) is 0 Å². The van der Waals surface area contributed by atoms with Gasteiger partial charge in [-0.25, -0.2) is 4.39 Å². The van der Waals surface area contributed by atoms with Gasteiger partial charge in [0.15, 0.2) is 11.5 Å². The van der Waals surface area contributed by atoms with Gasteiger partial charge in [0.1, 0.15) is 5.82 Å². The molecule has 0 bridgehead atoms. The molecular formula is C12H17BrFNO2. The van der Waals surface area contributed by atoms with E-state index in [0.717, 1.165) is 0 Å². The summed E-state index contributed by atoms with van der Waals surface area (Å²) in [6.07, 6.45) is 0.693. The van der Waals surface area contributed by atoms with Crippen LogP contribution in [0.1, 0.15) is 24.8 Å². The number of nitrogens with two attached hydrogens (primary N) is 1. The van der Waals surface area contributed by atoms with Crippen LogP contribution in [0, 0.1) is 5.82 Å². The van der Waals surface area contributed by atoms with Gasteiger partial charge in [-0.3, -0.25) is 0 Å². The van der Waals surface area contributed by atoms with Crippen molar-refractivity contribution < 1.29 is 13.9 Å². The first kappa shape index (κ1) is 14.3. The quantitative estimate of drug-likeness (QED) is 0.909. The van der Waals surface area contributed by atoms with Crippen molar-refractivity contribution in [2.45, 2.75) is 19.3 Å². The number of hydrogen-bond donors (Lipinski definition) is 1. The SMILES string of the molecule is COc1c(Br)cc(F)c(C(C)CCN)c1OC. The molecule has 0 aliphatic carbocycles. The molecule has 0 amide bonds. The second kappa shape index (κ2) is 6.21. The Labute approximate surface area is 109 Å². The molecule has 0 aromatic heterocycles. The Morgan fingerprint density at radius 1 is 1.35 bits per heavy atom. The highest BCUT2D eigenvalue weighted by atomic mass is 79.9. The van der Waals surface area contributed by atoms with Crippen molar-refractivity contribution in [1.82, 2.24) is 0 Å². The second-order valence-electron chi connectivity index (χ2n) is 3.80. The molecule has 1 rings (SSSR count). The Balaban J connectivity index is 3.36. The van der Waals surface area contributed by atoms with E-state index in [1.807, 2.05) is 6.92 Å². The summed E-state index contributed by atoms with van der Waals surface area (Å²) in [7, 11) is 3.03. The first-order valence-corrected chi connectivity index (χ1v) is 6.16. The van der Waals surface area contributed by atoms with E-state index < -0.39 is 0 Å². The van der Waals surface area contributed by atoms with Crippen LogP contribution in [0.25, 0.3) is 0 Å². The summed E-state index contributed by atoms with van der Waals surface area (Å²) in [6, 6.07) is 1.39. The van der Waals surface area contributed by atoms with Crippen molar-refractivity contribution in [2.24, 2.45) is 5.73 Å². The van der Waals surface area contributed by atoms with Crippen LogP contribution in [0.3, 0.4) is 0 Å². The number of rotatable bonds is 5. The number of halogens is 2. The second-order valence-corrected chi connectivity index (χ2v) is 4.65. The lowest BCUT2D eigenvalue weighted by molar-refractivity contribution is 0.343. The lowest BCUT2D eigenvalue weighted by Crippen LogP contribution is -2.08. The third-order valence-electron chi connectivity index (χ3n) is 2.68. The van der Waals surface area contributed by atoms with Crippen LogP contribution >= 0.6 is 15.9 Å². The maximum atomic E-state index is 14.0. The van der Waals surface area contributed by atoms with E-state index in [-0.39, 0.29) is 11.7 Å². The summed E-state index contributed by atoms with van der Waals surface area (Å²) in [5.41, 5.74) is 6.02. The first-order valence-electron chi connectivity index (χ1n) is 5.36. The van der Waals surface area contributed by atoms with Gasteiger partial charge in [-0.15, -0.1) is 0 Å².